The lowest BCUT2D eigenvalue weighted by molar-refractivity contribution is 0.171. The second-order valence-corrected chi connectivity index (χ2v) is 4.87. The number of benzene rings is 1. The second kappa shape index (κ2) is 5.55. The van der Waals surface area contributed by atoms with Crippen molar-refractivity contribution in [3.05, 3.63) is 30.4 Å². The number of hydrogen-bond donors (Lipinski definition) is 1. The Morgan fingerprint density at radius 3 is 2.81 bits per heavy atom. The van der Waals surface area contributed by atoms with Crippen molar-refractivity contribution >= 4 is 24.4 Å². The van der Waals surface area contributed by atoms with Gasteiger partial charge < -0.3 is 9.47 Å². The van der Waals surface area contributed by atoms with Crippen molar-refractivity contribution in [3.8, 4) is 11.5 Å². The Hall–Kier alpha value is -0.740. The van der Waals surface area contributed by atoms with Gasteiger partial charge in [-0.3, -0.25) is 0 Å². The van der Waals surface area contributed by atoms with E-state index < -0.39 is 0 Å². The van der Waals surface area contributed by atoms with Crippen molar-refractivity contribution in [1.29, 1.82) is 0 Å². The van der Waals surface area contributed by atoms with E-state index in [0.717, 1.165) is 28.6 Å². The minimum absolute atomic E-state index is 0.629. The molecule has 0 bridgehead atoms. The maximum atomic E-state index is 5.52. The van der Waals surface area contributed by atoms with Gasteiger partial charge in [0, 0.05) is 16.4 Å². The standard InChI is InChI=1S/C12H14O2S2/c1-9(7-15)8-16-10-2-3-11-12(6-10)14-5-4-13-11/h2-3,6,15H,1,4-5,7-8H2. The topological polar surface area (TPSA) is 18.5 Å². The molecule has 0 aromatic heterocycles. The monoisotopic (exact) mass is 254 g/mol. The van der Waals surface area contributed by atoms with Crippen LogP contribution in [0.1, 0.15) is 0 Å². The van der Waals surface area contributed by atoms with Gasteiger partial charge in [0.1, 0.15) is 13.2 Å². The van der Waals surface area contributed by atoms with Crippen LogP contribution in [-0.2, 0) is 0 Å². The molecule has 16 heavy (non-hydrogen) atoms. The molecule has 0 radical (unpaired) electrons. The van der Waals surface area contributed by atoms with E-state index in [4.69, 9.17) is 9.47 Å². The third kappa shape index (κ3) is 2.89. The Kier molecular flexibility index (Phi) is 4.07. The highest BCUT2D eigenvalue weighted by molar-refractivity contribution is 7.99. The summed E-state index contributed by atoms with van der Waals surface area (Å²) in [5.41, 5.74) is 1.13. The average molecular weight is 254 g/mol. The molecule has 2 rings (SSSR count). The maximum absolute atomic E-state index is 5.52. The molecular formula is C12H14O2S2. The maximum Gasteiger partial charge on any atom is 0.162 e. The molecule has 1 aliphatic heterocycles. The first-order valence-corrected chi connectivity index (χ1v) is 6.71. The molecule has 0 amide bonds. The Labute approximate surface area is 105 Å². The van der Waals surface area contributed by atoms with E-state index in [2.05, 4.69) is 19.2 Å². The highest BCUT2D eigenvalue weighted by atomic mass is 32.2. The van der Waals surface area contributed by atoms with Crippen molar-refractivity contribution in [2.75, 3.05) is 24.7 Å². The predicted octanol–water partition coefficient (Wildman–Crippen LogP) is 3.04. The van der Waals surface area contributed by atoms with E-state index in [1.54, 1.807) is 11.8 Å². The van der Waals surface area contributed by atoms with E-state index >= 15 is 0 Å². The minimum Gasteiger partial charge on any atom is -0.486 e. The number of hydrogen-bond acceptors (Lipinski definition) is 4. The fourth-order valence-corrected chi connectivity index (χ4v) is 2.44. The van der Waals surface area contributed by atoms with Crippen LogP contribution >= 0.6 is 24.4 Å². The molecule has 86 valence electrons. The molecule has 0 atom stereocenters. The van der Waals surface area contributed by atoms with Crippen molar-refractivity contribution in [2.45, 2.75) is 4.90 Å². The minimum atomic E-state index is 0.629. The molecular weight excluding hydrogens is 240 g/mol. The van der Waals surface area contributed by atoms with Gasteiger partial charge in [-0.1, -0.05) is 12.2 Å². The van der Waals surface area contributed by atoms with Crippen LogP contribution in [0.5, 0.6) is 11.5 Å². The van der Waals surface area contributed by atoms with E-state index in [-0.39, 0.29) is 0 Å². The SMILES string of the molecule is C=C(CS)CSc1ccc2c(c1)OCCO2. The normalized spacial score (nSPS) is 13.6. The van der Waals surface area contributed by atoms with Crippen molar-refractivity contribution in [1.82, 2.24) is 0 Å². The number of ether oxygens (including phenoxy) is 2. The summed E-state index contributed by atoms with van der Waals surface area (Å²) in [6.45, 7) is 5.19. The Morgan fingerprint density at radius 2 is 2.06 bits per heavy atom. The molecule has 1 aromatic rings. The largest absolute Gasteiger partial charge is 0.486 e. The summed E-state index contributed by atoms with van der Waals surface area (Å²) >= 11 is 5.93. The van der Waals surface area contributed by atoms with Gasteiger partial charge in [0.2, 0.25) is 0 Å². The van der Waals surface area contributed by atoms with Crippen molar-refractivity contribution in [2.24, 2.45) is 0 Å². The molecule has 0 spiro atoms. The zero-order valence-electron chi connectivity index (χ0n) is 8.94. The molecule has 0 saturated carbocycles. The van der Waals surface area contributed by atoms with E-state index in [9.17, 15) is 0 Å². The Balaban J connectivity index is 2.03. The van der Waals surface area contributed by atoms with E-state index in [0.29, 0.717) is 13.2 Å². The molecule has 4 heteroatoms. The third-order valence-electron chi connectivity index (χ3n) is 2.18. The number of thioether (sulfide) groups is 1. The van der Waals surface area contributed by atoms with E-state index in [1.165, 1.54) is 4.90 Å². The molecule has 0 saturated heterocycles. The van der Waals surface area contributed by atoms with E-state index in [1.807, 2.05) is 18.2 Å². The molecule has 2 nitrogen and oxygen atoms in total. The van der Waals surface area contributed by atoms with Gasteiger partial charge in [0.05, 0.1) is 0 Å². The fourth-order valence-electron chi connectivity index (χ4n) is 1.34. The van der Waals surface area contributed by atoms with Crippen LogP contribution in [0.25, 0.3) is 0 Å². The Morgan fingerprint density at radius 1 is 1.31 bits per heavy atom. The van der Waals surface area contributed by atoms with Gasteiger partial charge in [-0.15, -0.1) is 11.8 Å². The molecule has 0 aliphatic carbocycles. The molecule has 0 unspecified atom stereocenters. The summed E-state index contributed by atoms with van der Waals surface area (Å²) in [5.74, 6) is 3.30. The van der Waals surface area contributed by atoms with Gasteiger partial charge >= 0.3 is 0 Å². The zero-order chi connectivity index (χ0) is 11.4. The van der Waals surface area contributed by atoms with Crippen LogP contribution in [0.15, 0.2) is 35.2 Å². The highest BCUT2D eigenvalue weighted by Crippen LogP contribution is 2.34. The summed E-state index contributed by atoms with van der Waals surface area (Å²) in [5, 5.41) is 0. The fraction of sp³-hybridized carbons (Fsp3) is 0.333. The smallest absolute Gasteiger partial charge is 0.162 e. The van der Waals surface area contributed by atoms with Crippen molar-refractivity contribution < 1.29 is 9.47 Å². The molecule has 0 N–H and O–H groups in total. The van der Waals surface area contributed by atoms with Crippen LogP contribution in [-0.4, -0.2) is 24.7 Å². The first kappa shape index (κ1) is 11.7. The molecule has 1 aliphatic rings. The van der Waals surface area contributed by atoms with Gasteiger partial charge in [0.15, 0.2) is 11.5 Å². The molecule has 0 fully saturated rings. The quantitative estimate of drug-likeness (QED) is 0.506. The summed E-state index contributed by atoms with van der Waals surface area (Å²) in [6.07, 6.45) is 0. The first-order chi connectivity index (χ1) is 7.79. The van der Waals surface area contributed by atoms with Gasteiger partial charge in [0.25, 0.3) is 0 Å². The Bertz CT molecular complexity index is 391. The first-order valence-electron chi connectivity index (χ1n) is 5.09. The summed E-state index contributed by atoms with van der Waals surface area (Å²) in [6, 6.07) is 6.02. The predicted molar refractivity (Wildman–Crippen MR) is 71.1 cm³/mol. The lowest BCUT2D eigenvalue weighted by Gasteiger charge is -2.18. The van der Waals surface area contributed by atoms with Gasteiger partial charge in [-0.05, 0) is 18.2 Å². The lowest BCUT2D eigenvalue weighted by Crippen LogP contribution is -2.15. The summed E-state index contributed by atoms with van der Waals surface area (Å²) < 4.78 is 11.0. The molecule has 1 aromatic carbocycles. The summed E-state index contributed by atoms with van der Waals surface area (Å²) in [7, 11) is 0. The third-order valence-corrected chi connectivity index (χ3v) is 3.77. The molecule has 1 heterocycles. The van der Waals surface area contributed by atoms with Crippen LogP contribution < -0.4 is 9.47 Å². The zero-order valence-corrected chi connectivity index (χ0v) is 10.7. The number of fused-ring (bicyclic) bond motifs is 1. The van der Waals surface area contributed by atoms with Crippen LogP contribution in [0, 0.1) is 0 Å². The lowest BCUT2D eigenvalue weighted by atomic mass is 10.3. The number of thiol groups is 1. The van der Waals surface area contributed by atoms with Gasteiger partial charge in [-0.25, -0.2) is 0 Å². The second-order valence-electron chi connectivity index (χ2n) is 3.50. The van der Waals surface area contributed by atoms with Crippen LogP contribution in [0.4, 0.5) is 0 Å². The summed E-state index contributed by atoms with van der Waals surface area (Å²) in [4.78, 5) is 1.17. The average Bonchev–Trinajstić information content (AvgIpc) is 2.35. The highest BCUT2D eigenvalue weighted by Gasteiger charge is 2.11. The van der Waals surface area contributed by atoms with Crippen molar-refractivity contribution in [3.63, 3.8) is 0 Å². The van der Waals surface area contributed by atoms with Gasteiger partial charge in [-0.2, -0.15) is 12.6 Å². The number of rotatable bonds is 4. The van der Waals surface area contributed by atoms with Crippen LogP contribution in [0.2, 0.25) is 0 Å². The van der Waals surface area contributed by atoms with Crippen LogP contribution in [0.3, 0.4) is 0 Å².